The first-order valence-electron chi connectivity index (χ1n) is 6.89. The first-order chi connectivity index (χ1) is 9.22. The van der Waals surface area contributed by atoms with Gasteiger partial charge in [-0.1, -0.05) is 24.3 Å². The third kappa shape index (κ3) is 3.78. The number of aliphatic hydroxyl groups is 1. The molecule has 3 N–H and O–H groups in total. The van der Waals surface area contributed by atoms with Crippen LogP contribution >= 0.6 is 0 Å². The lowest BCUT2D eigenvalue weighted by molar-refractivity contribution is -0.132. The maximum Gasteiger partial charge on any atom is 0.226 e. The highest BCUT2D eigenvalue weighted by Crippen LogP contribution is 2.17. The average Bonchev–Trinajstić information content (AvgIpc) is 2.48. The number of piperidine rings is 1. The lowest BCUT2D eigenvalue weighted by Crippen LogP contribution is -2.40. The van der Waals surface area contributed by atoms with E-state index in [-0.39, 0.29) is 12.5 Å². The minimum Gasteiger partial charge on any atom is -0.396 e. The fourth-order valence-corrected chi connectivity index (χ4v) is 2.44. The van der Waals surface area contributed by atoms with E-state index in [1.54, 1.807) is 0 Å². The van der Waals surface area contributed by atoms with Gasteiger partial charge in [-0.3, -0.25) is 4.79 Å². The summed E-state index contributed by atoms with van der Waals surface area (Å²) in [6, 6.07) is 7.89. The summed E-state index contributed by atoms with van der Waals surface area (Å²) in [5.74, 6) is 0.546. The topological polar surface area (TPSA) is 66.6 Å². The van der Waals surface area contributed by atoms with Crippen LogP contribution in [0.3, 0.4) is 0 Å². The van der Waals surface area contributed by atoms with E-state index in [2.05, 4.69) is 0 Å². The molecule has 0 aliphatic carbocycles. The van der Waals surface area contributed by atoms with Gasteiger partial charge in [0.25, 0.3) is 0 Å². The highest BCUT2D eigenvalue weighted by atomic mass is 16.3. The number of aliphatic hydroxyl groups excluding tert-OH is 1. The summed E-state index contributed by atoms with van der Waals surface area (Å²) >= 11 is 0. The van der Waals surface area contributed by atoms with Crippen LogP contribution in [0.25, 0.3) is 0 Å². The van der Waals surface area contributed by atoms with E-state index in [1.807, 2.05) is 29.2 Å². The lowest BCUT2D eigenvalue weighted by atomic mass is 9.97. The molecule has 0 radical (unpaired) electrons. The minimum absolute atomic E-state index is 0.178. The predicted octanol–water partition coefficient (Wildman–Crippen LogP) is 0.919. The zero-order valence-corrected chi connectivity index (χ0v) is 11.2. The van der Waals surface area contributed by atoms with Crippen molar-refractivity contribution in [2.45, 2.75) is 25.8 Å². The smallest absolute Gasteiger partial charge is 0.226 e. The first kappa shape index (κ1) is 14.0. The normalized spacial score (nSPS) is 16.6. The Morgan fingerprint density at radius 3 is 2.32 bits per heavy atom. The molecule has 0 aromatic heterocycles. The van der Waals surface area contributed by atoms with Crippen LogP contribution in [-0.2, 0) is 17.8 Å². The van der Waals surface area contributed by atoms with Crippen LogP contribution in [0, 0.1) is 5.92 Å². The van der Waals surface area contributed by atoms with Crippen LogP contribution in [0.2, 0.25) is 0 Å². The van der Waals surface area contributed by atoms with Crippen LogP contribution in [0.5, 0.6) is 0 Å². The summed E-state index contributed by atoms with van der Waals surface area (Å²) in [5.41, 5.74) is 7.67. The SMILES string of the molecule is NCc1ccc(CC(=O)N2CCC(CO)CC2)cc1. The van der Waals surface area contributed by atoms with Crippen molar-refractivity contribution in [2.24, 2.45) is 11.7 Å². The molecular formula is C15H22N2O2. The van der Waals surface area contributed by atoms with Gasteiger partial charge in [-0.05, 0) is 29.9 Å². The Hall–Kier alpha value is -1.39. The fourth-order valence-electron chi connectivity index (χ4n) is 2.44. The number of nitrogens with zero attached hydrogens (tertiary/aromatic N) is 1. The van der Waals surface area contributed by atoms with Gasteiger partial charge in [0.2, 0.25) is 5.91 Å². The molecule has 19 heavy (non-hydrogen) atoms. The number of amides is 1. The van der Waals surface area contributed by atoms with Gasteiger partial charge in [0.1, 0.15) is 0 Å². The standard InChI is InChI=1S/C15H22N2O2/c16-10-13-3-1-12(2-4-13)9-15(19)17-7-5-14(11-18)6-8-17/h1-4,14,18H,5-11,16H2. The summed E-state index contributed by atoms with van der Waals surface area (Å²) in [4.78, 5) is 14.1. The molecule has 4 heteroatoms. The van der Waals surface area contributed by atoms with Crippen LogP contribution in [0.1, 0.15) is 24.0 Å². The van der Waals surface area contributed by atoms with Crippen molar-refractivity contribution in [2.75, 3.05) is 19.7 Å². The molecule has 1 heterocycles. The van der Waals surface area contributed by atoms with Gasteiger partial charge in [0.15, 0.2) is 0 Å². The van der Waals surface area contributed by atoms with Gasteiger partial charge in [0.05, 0.1) is 6.42 Å². The number of hydrogen-bond acceptors (Lipinski definition) is 3. The van der Waals surface area contributed by atoms with Crippen molar-refractivity contribution in [1.29, 1.82) is 0 Å². The van der Waals surface area contributed by atoms with Crippen molar-refractivity contribution in [3.63, 3.8) is 0 Å². The Kier molecular flexibility index (Phi) is 4.93. The number of rotatable bonds is 4. The average molecular weight is 262 g/mol. The highest BCUT2D eigenvalue weighted by Gasteiger charge is 2.22. The fraction of sp³-hybridized carbons (Fsp3) is 0.533. The van der Waals surface area contributed by atoms with Gasteiger partial charge in [0, 0.05) is 26.2 Å². The highest BCUT2D eigenvalue weighted by molar-refractivity contribution is 5.78. The van der Waals surface area contributed by atoms with Crippen molar-refractivity contribution in [3.05, 3.63) is 35.4 Å². The summed E-state index contributed by atoms with van der Waals surface area (Å²) in [6.45, 7) is 2.31. The molecule has 0 atom stereocenters. The van der Waals surface area contributed by atoms with E-state index in [4.69, 9.17) is 10.8 Å². The number of hydrogen-bond donors (Lipinski definition) is 2. The minimum atomic E-state index is 0.178. The van der Waals surface area contributed by atoms with Gasteiger partial charge >= 0.3 is 0 Å². The maximum absolute atomic E-state index is 12.2. The lowest BCUT2D eigenvalue weighted by Gasteiger charge is -2.31. The van der Waals surface area contributed by atoms with Crippen molar-refractivity contribution >= 4 is 5.91 Å². The first-order valence-corrected chi connectivity index (χ1v) is 6.89. The van der Waals surface area contributed by atoms with E-state index < -0.39 is 0 Å². The third-order valence-electron chi connectivity index (χ3n) is 3.84. The van der Waals surface area contributed by atoms with E-state index in [0.717, 1.165) is 37.1 Å². The van der Waals surface area contributed by atoms with Crippen LogP contribution in [0.4, 0.5) is 0 Å². The molecule has 0 saturated carbocycles. The van der Waals surface area contributed by atoms with E-state index >= 15 is 0 Å². The Balaban J connectivity index is 1.86. The van der Waals surface area contributed by atoms with Crippen LogP contribution in [-0.4, -0.2) is 35.6 Å². The Morgan fingerprint density at radius 1 is 1.21 bits per heavy atom. The quantitative estimate of drug-likeness (QED) is 0.848. The molecule has 1 aromatic rings. The number of carbonyl (C=O) groups excluding carboxylic acids is 1. The molecule has 4 nitrogen and oxygen atoms in total. The van der Waals surface area contributed by atoms with E-state index in [1.165, 1.54) is 0 Å². The summed E-state index contributed by atoms with van der Waals surface area (Å²) < 4.78 is 0. The maximum atomic E-state index is 12.2. The second-order valence-corrected chi connectivity index (χ2v) is 5.20. The number of likely N-dealkylation sites (tertiary alicyclic amines) is 1. The van der Waals surface area contributed by atoms with E-state index in [0.29, 0.717) is 18.9 Å². The van der Waals surface area contributed by atoms with Crippen LogP contribution < -0.4 is 5.73 Å². The second-order valence-electron chi connectivity index (χ2n) is 5.20. The Labute approximate surface area is 114 Å². The van der Waals surface area contributed by atoms with Crippen molar-refractivity contribution in [1.82, 2.24) is 4.90 Å². The third-order valence-corrected chi connectivity index (χ3v) is 3.84. The predicted molar refractivity (Wildman–Crippen MR) is 74.4 cm³/mol. The van der Waals surface area contributed by atoms with Gasteiger partial charge in [-0.25, -0.2) is 0 Å². The Morgan fingerprint density at radius 2 is 1.79 bits per heavy atom. The van der Waals surface area contributed by atoms with Crippen LogP contribution in [0.15, 0.2) is 24.3 Å². The van der Waals surface area contributed by atoms with E-state index in [9.17, 15) is 4.79 Å². The molecule has 1 saturated heterocycles. The molecular weight excluding hydrogens is 240 g/mol. The van der Waals surface area contributed by atoms with Gasteiger partial charge in [-0.2, -0.15) is 0 Å². The second kappa shape index (κ2) is 6.68. The molecule has 0 unspecified atom stereocenters. The zero-order valence-electron chi connectivity index (χ0n) is 11.2. The molecule has 1 aliphatic heterocycles. The molecule has 2 rings (SSSR count). The number of benzene rings is 1. The molecule has 0 bridgehead atoms. The molecule has 104 valence electrons. The molecule has 1 amide bonds. The van der Waals surface area contributed by atoms with Crippen molar-refractivity contribution < 1.29 is 9.90 Å². The summed E-state index contributed by atoms with van der Waals surface area (Å²) in [7, 11) is 0. The van der Waals surface area contributed by atoms with Gasteiger partial charge < -0.3 is 15.7 Å². The number of carbonyl (C=O) groups is 1. The monoisotopic (exact) mass is 262 g/mol. The molecule has 0 spiro atoms. The molecule has 1 fully saturated rings. The molecule has 1 aromatic carbocycles. The number of nitrogens with two attached hydrogens (primary N) is 1. The summed E-state index contributed by atoms with van der Waals surface area (Å²) in [5, 5.41) is 9.09. The van der Waals surface area contributed by atoms with Crippen molar-refractivity contribution in [3.8, 4) is 0 Å². The Bertz CT molecular complexity index is 409. The summed E-state index contributed by atoms with van der Waals surface area (Å²) in [6.07, 6.45) is 2.28. The van der Waals surface area contributed by atoms with Gasteiger partial charge in [-0.15, -0.1) is 0 Å². The largest absolute Gasteiger partial charge is 0.396 e. The molecule has 1 aliphatic rings. The zero-order chi connectivity index (χ0) is 13.7.